The molecule has 0 spiro atoms. The number of aromatic nitrogens is 1. The fraction of sp³-hybridized carbons (Fsp3) is 0.600. The van der Waals surface area contributed by atoms with Crippen LogP contribution in [0.3, 0.4) is 0 Å². The molecule has 3 saturated heterocycles. The lowest BCUT2D eigenvalue weighted by Crippen LogP contribution is -2.62. The van der Waals surface area contributed by atoms with Crippen LogP contribution in [-0.4, -0.2) is 110 Å². The number of carbonyl (C=O) groups excluding carboxylic acids is 3. The second kappa shape index (κ2) is 12.2. The SMILES string of the molecule is COCCN1CCN(c2nc(-c3ccc(C(=O)NC4(C(=O)N5CC[C@H]6OCC(=O)[C@H]65)CCCCC4)cc3)cs2)CC1. The molecule has 2 amide bonds. The first-order valence-corrected chi connectivity index (χ1v) is 15.7. The van der Waals surface area contributed by atoms with Gasteiger partial charge in [-0.2, -0.15) is 0 Å². The number of methoxy groups -OCH3 is 1. The number of piperazine rings is 1. The van der Waals surface area contributed by atoms with Crippen LogP contribution in [0.1, 0.15) is 48.9 Å². The first-order valence-electron chi connectivity index (χ1n) is 14.8. The van der Waals surface area contributed by atoms with Crippen molar-refractivity contribution in [2.24, 2.45) is 0 Å². The second-order valence-electron chi connectivity index (χ2n) is 11.6. The standard InChI is InChI=1S/C30H39N5O5S/c1-39-18-17-33-13-15-34(16-14-33)29-31-23(20-41-29)21-5-7-22(8-6-21)27(37)32-30(10-3-2-4-11-30)28(38)35-12-9-25-26(35)24(36)19-40-25/h5-8,20,25-26H,2-4,9-19H2,1H3,(H,32,37)/t25-,26-/m1/s1. The van der Waals surface area contributed by atoms with Crippen molar-refractivity contribution in [2.75, 3.05) is 64.5 Å². The van der Waals surface area contributed by atoms with Crippen molar-refractivity contribution in [3.05, 3.63) is 35.2 Å². The van der Waals surface area contributed by atoms with Crippen molar-refractivity contribution in [1.82, 2.24) is 20.1 Å². The van der Waals surface area contributed by atoms with Crippen molar-refractivity contribution in [2.45, 2.75) is 56.2 Å². The summed E-state index contributed by atoms with van der Waals surface area (Å²) in [4.78, 5) is 51.1. The highest BCUT2D eigenvalue weighted by Gasteiger charge is 2.52. The molecule has 4 fully saturated rings. The number of thiazole rings is 1. The maximum atomic E-state index is 13.9. The normalized spacial score (nSPS) is 24.5. The van der Waals surface area contributed by atoms with Gasteiger partial charge in [0, 0.05) is 62.9 Å². The number of ketones is 1. The number of fused-ring (bicyclic) bond motifs is 1. The summed E-state index contributed by atoms with van der Waals surface area (Å²) in [7, 11) is 1.74. The van der Waals surface area contributed by atoms with E-state index in [9.17, 15) is 14.4 Å². The van der Waals surface area contributed by atoms with Crippen LogP contribution < -0.4 is 10.2 Å². The predicted molar refractivity (Wildman–Crippen MR) is 156 cm³/mol. The van der Waals surface area contributed by atoms with Crippen molar-refractivity contribution in [1.29, 1.82) is 0 Å². The van der Waals surface area contributed by atoms with Gasteiger partial charge >= 0.3 is 0 Å². The smallest absolute Gasteiger partial charge is 0.252 e. The summed E-state index contributed by atoms with van der Waals surface area (Å²) in [5, 5.41) is 6.21. The average molecular weight is 582 g/mol. The van der Waals surface area contributed by atoms with Crippen LogP contribution in [-0.2, 0) is 19.1 Å². The summed E-state index contributed by atoms with van der Waals surface area (Å²) in [6.07, 6.45) is 4.38. The maximum absolute atomic E-state index is 13.9. The third-order valence-electron chi connectivity index (χ3n) is 9.03. The highest BCUT2D eigenvalue weighted by atomic mass is 32.1. The lowest BCUT2D eigenvalue weighted by molar-refractivity contribution is -0.143. The van der Waals surface area contributed by atoms with E-state index in [0.29, 0.717) is 31.4 Å². The molecule has 41 heavy (non-hydrogen) atoms. The number of Topliss-reactive ketones (excluding diaryl/α,β-unsaturated/α-hetero) is 1. The molecule has 1 aliphatic carbocycles. The van der Waals surface area contributed by atoms with Crippen molar-refractivity contribution >= 4 is 34.1 Å². The van der Waals surface area contributed by atoms with E-state index in [0.717, 1.165) is 75.0 Å². The van der Waals surface area contributed by atoms with Gasteiger partial charge in [-0.05, 0) is 31.4 Å². The molecular formula is C30H39N5O5S. The van der Waals surface area contributed by atoms with Crippen LogP contribution in [0, 0.1) is 0 Å². The zero-order valence-corrected chi connectivity index (χ0v) is 24.5. The highest BCUT2D eigenvalue weighted by molar-refractivity contribution is 7.14. The van der Waals surface area contributed by atoms with E-state index in [-0.39, 0.29) is 30.3 Å². The molecule has 4 aliphatic rings. The molecule has 2 aromatic rings. The topological polar surface area (TPSA) is 104 Å². The minimum absolute atomic E-state index is 0.0387. The van der Waals surface area contributed by atoms with Gasteiger partial charge in [-0.15, -0.1) is 11.3 Å². The number of likely N-dealkylation sites (tertiary alicyclic amines) is 1. The summed E-state index contributed by atoms with van der Waals surface area (Å²) in [6, 6.07) is 6.94. The lowest BCUT2D eigenvalue weighted by atomic mass is 9.80. The van der Waals surface area contributed by atoms with Gasteiger partial charge in [0.05, 0.1) is 18.4 Å². The fourth-order valence-corrected chi connectivity index (χ4v) is 7.54. The number of anilines is 1. The molecule has 1 saturated carbocycles. The number of amides is 2. The maximum Gasteiger partial charge on any atom is 0.252 e. The van der Waals surface area contributed by atoms with Gasteiger partial charge in [0.25, 0.3) is 5.91 Å². The van der Waals surface area contributed by atoms with Gasteiger partial charge in [-0.3, -0.25) is 19.3 Å². The summed E-state index contributed by atoms with van der Waals surface area (Å²) in [5.41, 5.74) is 1.37. The average Bonchev–Trinajstić information content (AvgIpc) is 3.75. The Hall–Kier alpha value is -2.86. The van der Waals surface area contributed by atoms with Crippen LogP contribution >= 0.6 is 11.3 Å². The van der Waals surface area contributed by atoms with Gasteiger partial charge < -0.3 is 24.6 Å². The van der Waals surface area contributed by atoms with E-state index in [1.54, 1.807) is 35.5 Å². The van der Waals surface area contributed by atoms with E-state index >= 15 is 0 Å². The van der Waals surface area contributed by atoms with Gasteiger partial charge in [-0.1, -0.05) is 31.4 Å². The predicted octanol–water partition coefficient (Wildman–Crippen LogP) is 2.58. The molecule has 0 radical (unpaired) electrons. The Labute approximate surface area is 245 Å². The molecule has 1 aromatic carbocycles. The molecule has 0 bridgehead atoms. The molecule has 6 rings (SSSR count). The Bertz CT molecular complexity index is 1250. The van der Waals surface area contributed by atoms with Crippen LogP contribution in [0.4, 0.5) is 5.13 Å². The molecule has 1 aromatic heterocycles. The molecule has 11 heteroatoms. The van der Waals surface area contributed by atoms with Crippen LogP contribution in [0.2, 0.25) is 0 Å². The zero-order chi connectivity index (χ0) is 28.4. The number of hydrogen-bond donors (Lipinski definition) is 1. The molecule has 4 heterocycles. The minimum Gasteiger partial charge on any atom is -0.383 e. The van der Waals surface area contributed by atoms with Crippen LogP contribution in [0.15, 0.2) is 29.6 Å². The Balaban J connectivity index is 1.11. The molecule has 2 atom stereocenters. The first kappa shape index (κ1) is 28.3. The Morgan fingerprint density at radius 1 is 1.10 bits per heavy atom. The van der Waals surface area contributed by atoms with Crippen molar-refractivity contribution in [3.8, 4) is 11.3 Å². The zero-order valence-electron chi connectivity index (χ0n) is 23.7. The summed E-state index contributed by atoms with van der Waals surface area (Å²) in [5.74, 6) is -0.437. The van der Waals surface area contributed by atoms with E-state index in [1.165, 1.54) is 0 Å². The van der Waals surface area contributed by atoms with E-state index in [4.69, 9.17) is 14.5 Å². The first-order chi connectivity index (χ1) is 20.0. The van der Waals surface area contributed by atoms with Gasteiger partial charge in [0.1, 0.15) is 18.2 Å². The van der Waals surface area contributed by atoms with Gasteiger partial charge in [0.15, 0.2) is 10.9 Å². The summed E-state index contributed by atoms with van der Waals surface area (Å²) < 4.78 is 10.8. The third-order valence-corrected chi connectivity index (χ3v) is 9.93. The Morgan fingerprint density at radius 2 is 1.85 bits per heavy atom. The van der Waals surface area contributed by atoms with Crippen molar-refractivity contribution in [3.63, 3.8) is 0 Å². The molecule has 3 aliphatic heterocycles. The molecule has 10 nitrogen and oxygen atoms in total. The molecule has 0 unspecified atom stereocenters. The van der Waals surface area contributed by atoms with E-state index in [1.807, 2.05) is 12.1 Å². The van der Waals surface area contributed by atoms with Crippen molar-refractivity contribution < 1.29 is 23.9 Å². The Morgan fingerprint density at radius 3 is 2.59 bits per heavy atom. The van der Waals surface area contributed by atoms with E-state index < -0.39 is 11.6 Å². The minimum atomic E-state index is -0.983. The lowest BCUT2D eigenvalue weighted by Gasteiger charge is -2.40. The molecular weight excluding hydrogens is 542 g/mol. The molecule has 220 valence electrons. The largest absolute Gasteiger partial charge is 0.383 e. The number of rotatable bonds is 8. The number of nitrogens with zero attached hydrogens (tertiary/aromatic N) is 4. The number of ether oxygens (including phenoxy) is 2. The van der Waals surface area contributed by atoms with Crippen LogP contribution in [0.25, 0.3) is 11.3 Å². The Kier molecular flexibility index (Phi) is 8.39. The van der Waals surface area contributed by atoms with Crippen LogP contribution in [0.5, 0.6) is 0 Å². The summed E-state index contributed by atoms with van der Waals surface area (Å²) >= 11 is 1.64. The second-order valence-corrected chi connectivity index (χ2v) is 12.4. The molecule has 1 N–H and O–H groups in total. The van der Waals surface area contributed by atoms with Gasteiger partial charge in [0.2, 0.25) is 5.91 Å². The monoisotopic (exact) mass is 581 g/mol. The number of benzene rings is 1. The fourth-order valence-electron chi connectivity index (χ4n) is 6.65. The van der Waals surface area contributed by atoms with Gasteiger partial charge in [-0.25, -0.2) is 4.98 Å². The number of carbonyl (C=O) groups is 3. The number of hydrogen-bond acceptors (Lipinski definition) is 9. The third kappa shape index (κ3) is 5.77. The number of nitrogens with one attached hydrogen (secondary N) is 1. The van der Waals surface area contributed by atoms with E-state index in [2.05, 4.69) is 20.5 Å². The highest BCUT2D eigenvalue weighted by Crippen LogP contribution is 2.35. The quantitative estimate of drug-likeness (QED) is 0.508. The summed E-state index contributed by atoms with van der Waals surface area (Å²) in [6.45, 7) is 6.14.